The monoisotopic (exact) mass is 1380 g/mol. The molecule has 0 aromatic rings. The number of phosphoric ester groups is 2. The highest BCUT2D eigenvalue weighted by Crippen LogP contribution is 2.45. The Kier molecular flexibility index (Phi) is 64.3. The van der Waals surface area contributed by atoms with Crippen molar-refractivity contribution in [3.63, 3.8) is 0 Å². The third kappa shape index (κ3) is 66.0. The van der Waals surface area contributed by atoms with E-state index in [-0.39, 0.29) is 25.7 Å². The van der Waals surface area contributed by atoms with Crippen LogP contribution in [0.15, 0.2) is 0 Å². The van der Waals surface area contributed by atoms with Crippen molar-refractivity contribution in [2.75, 3.05) is 39.6 Å². The first-order chi connectivity index (χ1) is 45.3. The molecule has 0 aromatic carbocycles. The minimum Gasteiger partial charge on any atom is -0.462 e. The quantitative estimate of drug-likeness (QED) is 0.0222. The van der Waals surface area contributed by atoms with Crippen molar-refractivity contribution in [2.24, 2.45) is 17.8 Å². The van der Waals surface area contributed by atoms with Gasteiger partial charge in [0, 0.05) is 25.7 Å². The van der Waals surface area contributed by atoms with Crippen LogP contribution in [-0.2, 0) is 65.4 Å². The minimum absolute atomic E-state index is 0.103. The zero-order valence-electron chi connectivity index (χ0n) is 61.4. The lowest BCUT2D eigenvalue weighted by Crippen LogP contribution is -2.30. The number of carbonyl (C=O) groups excluding carboxylic acids is 4. The fraction of sp³-hybridized carbons (Fsp3) is 0.947. The largest absolute Gasteiger partial charge is 0.472 e. The lowest BCUT2D eigenvalue weighted by Gasteiger charge is -2.21. The summed E-state index contributed by atoms with van der Waals surface area (Å²) in [6.45, 7) is 11.9. The summed E-state index contributed by atoms with van der Waals surface area (Å²) in [6, 6.07) is 0. The summed E-state index contributed by atoms with van der Waals surface area (Å²) >= 11 is 0. The standard InChI is InChI=1S/C75H146O17P2/c1-8-11-12-13-14-27-34-42-49-56-72(77)85-63-71(92-75(80)59-52-45-38-37-41-48-55-68(7)10-3)65-90-94(83,84)88-61-69(76)60-87-93(81,82)89-64-70(62-86-73(78)57-50-43-35-30-26-25-29-33-40-47-54-67(6)9-2)91-74(79)58-51-44-36-31-24-22-20-18-16-15-17-19-21-23-28-32-39-46-53-66(4)5/h66-71,76H,8-65H2,1-7H3,(H,81,82)(H,83,84)/t67?,68?,69-,70-,71-/m1/s1. The normalized spacial score (nSPS) is 14.7. The fourth-order valence-electron chi connectivity index (χ4n) is 11.4. The van der Waals surface area contributed by atoms with Gasteiger partial charge in [0.2, 0.25) is 0 Å². The van der Waals surface area contributed by atoms with Crippen molar-refractivity contribution in [3.05, 3.63) is 0 Å². The number of unbranched alkanes of at least 4 members (excludes halogenated alkanes) is 39. The van der Waals surface area contributed by atoms with Crippen LogP contribution in [0.2, 0.25) is 0 Å². The summed E-state index contributed by atoms with van der Waals surface area (Å²) < 4.78 is 68.4. The number of carbonyl (C=O) groups is 4. The van der Waals surface area contributed by atoms with E-state index in [0.29, 0.717) is 25.7 Å². The smallest absolute Gasteiger partial charge is 0.462 e. The molecule has 0 aliphatic carbocycles. The number of aliphatic hydroxyl groups excluding tert-OH is 1. The van der Waals surface area contributed by atoms with Crippen molar-refractivity contribution < 1.29 is 80.2 Å². The van der Waals surface area contributed by atoms with Crippen LogP contribution in [-0.4, -0.2) is 96.7 Å². The van der Waals surface area contributed by atoms with Crippen LogP contribution in [0.25, 0.3) is 0 Å². The van der Waals surface area contributed by atoms with Crippen molar-refractivity contribution in [1.82, 2.24) is 0 Å². The molecule has 19 heteroatoms. The lowest BCUT2D eigenvalue weighted by molar-refractivity contribution is -0.161. The van der Waals surface area contributed by atoms with Crippen molar-refractivity contribution in [3.8, 4) is 0 Å². The zero-order valence-corrected chi connectivity index (χ0v) is 63.2. The zero-order chi connectivity index (χ0) is 69.4. The molecular formula is C75H146O17P2. The van der Waals surface area contributed by atoms with E-state index in [1.807, 2.05) is 0 Å². The molecule has 0 saturated carbocycles. The van der Waals surface area contributed by atoms with Crippen molar-refractivity contribution in [1.29, 1.82) is 0 Å². The molecule has 0 bridgehead atoms. The summed E-state index contributed by atoms with van der Waals surface area (Å²) in [7, 11) is -9.91. The summed E-state index contributed by atoms with van der Waals surface area (Å²) in [5.41, 5.74) is 0. The molecule has 0 heterocycles. The van der Waals surface area contributed by atoms with Gasteiger partial charge < -0.3 is 33.8 Å². The van der Waals surface area contributed by atoms with Crippen LogP contribution >= 0.6 is 15.6 Å². The maximum absolute atomic E-state index is 13.1. The van der Waals surface area contributed by atoms with Crippen LogP contribution in [0.1, 0.15) is 382 Å². The molecule has 94 heavy (non-hydrogen) atoms. The number of hydrogen-bond acceptors (Lipinski definition) is 15. The SMILES string of the molecule is CCCCCCCCCCCC(=O)OC[C@H](COP(=O)(O)OC[C@H](O)COP(=O)(O)OC[C@@H](COC(=O)CCCCCCCCCCCCC(C)CC)OC(=O)CCCCCCCCCCCCCCCCCCCCC(C)C)OC(=O)CCCCCCCCC(C)CC. The Morgan fingerprint density at radius 2 is 0.543 bits per heavy atom. The van der Waals surface area contributed by atoms with E-state index >= 15 is 0 Å². The maximum atomic E-state index is 13.1. The lowest BCUT2D eigenvalue weighted by atomic mass is 9.99. The number of ether oxygens (including phenoxy) is 4. The molecule has 0 fully saturated rings. The number of rotatable bonds is 73. The van der Waals surface area contributed by atoms with E-state index < -0.39 is 97.5 Å². The molecule has 4 unspecified atom stereocenters. The topological polar surface area (TPSA) is 237 Å². The predicted octanol–water partition coefficient (Wildman–Crippen LogP) is 21.8. The Morgan fingerprint density at radius 1 is 0.309 bits per heavy atom. The molecule has 558 valence electrons. The Balaban J connectivity index is 5.19. The number of phosphoric acid groups is 2. The highest BCUT2D eigenvalue weighted by atomic mass is 31.2. The third-order valence-electron chi connectivity index (χ3n) is 18.1. The van der Waals surface area contributed by atoms with Crippen molar-refractivity contribution >= 4 is 39.5 Å². The van der Waals surface area contributed by atoms with E-state index in [2.05, 4.69) is 48.5 Å². The molecule has 0 rings (SSSR count). The summed E-state index contributed by atoms with van der Waals surface area (Å²) in [5.74, 6) is 0.226. The van der Waals surface area contributed by atoms with Gasteiger partial charge in [-0.3, -0.25) is 37.3 Å². The Bertz CT molecular complexity index is 1840. The van der Waals surface area contributed by atoms with Crippen molar-refractivity contribution in [2.45, 2.75) is 401 Å². The van der Waals surface area contributed by atoms with E-state index in [1.165, 1.54) is 193 Å². The maximum Gasteiger partial charge on any atom is 0.472 e. The Morgan fingerprint density at radius 3 is 0.809 bits per heavy atom. The average molecular weight is 1380 g/mol. The molecule has 0 radical (unpaired) electrons. The van der Waals surface area contributed by atoms with Gasteiger partial charge in [-0.25, -0.2) is 9.13 Å². The third-order valence-corrected chi connectivity index (χ3v) is 20.0. The number of hydrogen-bond donors (Lipinski definition) is 3. The molecular weight excluding hydrogens is 1230 g/mol. The highest BCUT2D eigenvalue weighted by molar-refractivity contribution is 7.47. The van der Waals surface area contributed by atoms with Gasteiger partial charge >= 0.3 is 39.5 Å². The molecule has 7 atom stereocenters. The average Bonchev–Trinajstić information content (AvgIpc) is 1.14. The molecule has 3 N–H and O–H groups in total. The van der Waals surface area contributed by atoms with Gasteiger partial charge in [-0.1, -0.05) is 331 Å². The van der Waals surface area contributed by atoms with Gasteiger partial charge in [-0.2, -0.15) is 0 Å². The van der Waals surface area contributed by atoms with E-state index in [1.54, 1.807) is 0 Å². The first-order valence-electron chi connectivity index (χ1n) is 38.9. The molecule has 0 saturated heterocycles. The Hall–Kier alpha value is -1.94. The first kappa shape index (κ1) is 92.1. The van der Waals surface area contributed by atoms with E-state index in [0.717, 1.165) is 108 Å². The second-order valence-electron chi connectivity index (χ2n) is 28.0. The van der Waals surface area contributed by atoms with Gasteiger partial charge in [0.05, 0.1) is 26.4 Å². The van der Waals surface area contributed by atoms with Crippen LogP contribution < -0.4 is 0 Å². The van der Waals surface area contributed by atoms with E-state index in [4.69, 9.17) is 37.0 Å². The fourth-order valence-corrected chi connectivity index (χ4v) is 12.9. The van der Waals surface area contributed by atoms with Gasteiger partial charge in [0.1, 0.15) is 19.3 Å². The number of esters is 4. The van der Waals surface area contributed by atoms with Gasteiger partial charge in [-0.15, -0.1) is 0 Å². The van der Waals surface area contributed by atoms with Crippen LogP contribution in [0, 0.1) is 17.8 Å². The second-order valence-corrected chi connectivity index (χ2v) is 30.9. The predicted molar refractivity (Wildman–Crippen MR) is 381 cm³/mol. The first-order valence-corrected chi connectivity index (χ1v) is 41.9. The molecule has 17 nitrogen and oxygen atoms in total. The second kappa shape index (κ2) is 65.7. The summed E-state index contributed by atoms with van der Waals surface area (Å²) in [6.07, 6.45) is 51.4. The van der Waals surface area contributed by atoms with Crippen LogP contribution in [0.5, 0.6) is 0 Å². The molecule has 0 aromatic heterocycles. The van der Waals surface area contributed by atoms with Gasteiger partial charge in [-0.05, 0) is 43.4 Å². The molecule has 0 aliphatic heterocycles. The van der Waals surface area contributed by atoms with Crippen LogP contribution in [0.3, 0.4) is 0 Å². The molecule has 0 aliphatic rings. The summed E-state index contributed by atoms with van der Waals surface area (Å²) in [5, 5.41) is 10.6. The summed E-state index contributed by atoms with van der Waals surface area (Å²) in [4.78, 5) is 72.7. The molecule has 0 amide bonds. The van der Waals surface area contributed by atoms with Crippen LogP contribution in [0.4, 0.5) is 0 Å². The van der Waals surface area contributed by atoms with Gasteiger partial charge in [0.15, 0.2) is 12.2 Å². The highest BCUT2D eigenvalue weighted by Gasteiger charge is 2.30. The number of aliphatic hydroxyl groups is 1. The van der Waals surface area contributed by atoms with E-state index in [9.17, 15) is 43.2 Å². The minimum atomic E-state index is -4.96. The molecule has 0 spiro atoms. The Labute approximate surface area is 575 Å². The van der Waals surface area contributed by atoms with Gasteiger partial charge in [0.25, 0.3) is 0 Å².